The molecule has 0 unspecified atom stereocenters. The summed E-state index contributed by atoms with van der Waals surface area (Å²) in [4.78, 5) is 16.1. The number of hydrogen-bond acceptors (Lipinski definition) is 3. The standard InChI is InChI=1S/C27H18N.C11H20O2.Ir/c1-3-10-20(11-4-1)22-14-9-15-23(18-22)27-19-25(21-12-5-2-6-13-21)24-16-7-8-17-26(24)28-27;1-8(2)5-10(12)7-11(13)6-9(3)4;/h1-14,16-19H;7-9,12H,5-6H2,1-4H3;/q-1;;/b;10-7-;. The number of allylic oxidation sites excluding steroid dienone is 2. The molecule has 1 N–H and O–H groups in total. The minimum absolute atomic E-state index is 0. The van der Waals surface area contributed by atoms with Gasteiger partial charge in [-0.1, -0.05) is 113 Å². The van der Waals surface area contributed by atoms with Crippen LogP contribution >= 0.6 is 0 Å². The molecule has 0 bridgehead atoms. The van der Waals surface area contributed by atoms with Crippen LogP contribution in [0.1, 0.15) is 40.5 Å². The Morgan fingerprint density at radius 3 is 2.00 bits per heavy atom. The van der Waals surface area contributed by atoms with Crippen LogP contribution in [-0.4, -0.2) is 15.9 Å². The maximum Gasteiger partial charge on any atom is 0.159 e. The Kier molecular flexibility index (Phi) is 12.4. The first-order valence-corrected chi connectivity index (χ1v) is 14.2. The van der Waals surface area contributed by atoms with Crippen molar-refractivity contribution in [2.75, 3.05) is 0 Å². The van der Waals surface area contributed by atoms with Crippen molar-refractivity contribution in [3.05, 3.63) is 127 Å². The number of benzene rings is 4. The van der Waals surface area contributed by atoms with Gasteiger partial charge in [-0.05, 0) is 40.3 Å². The first-order chi connectivity index (χ1) is 19.8. The van der Waals surface area contributed by atoms with Gasteiger partial charge in [-0.3, -0.25) is 9.78 Å². The van der Waals surface area contributed by atoms with E-state index in [0.717, 1.165) is 22.2 Å². The van der Waals surface area contributed by atoms with Crippen molar-refractivity contribution in [1.82, 2.24) is 4.98 Å². The van der Waals surface area contributed by atoms with E-state index in [-0.39, 0.29) is 31.6 Å². The van der Waals surface area contributed by atoms with E-state index in [1.807, 2.05) is 52.0 Å². The van der Waals surface area contributed by atoms with Crippen LogP contribution in [0.25, 0.3) is 44.4 Å². The molecule has 5 rings (SSSR count). The monoisotopic (exact) mass is 733 g/mol. The minimum Gasteiger partial charge on any atom is -0.512 e. The Morgan fingerprint density at radius 1 is 0.762 bits per heavy atom. The van der Waals surface area contributed by atoms with Gasteiger partial charge in [-0.25, -0.2) is 0 Å². The zero-order chi connectivity index (χ0) is 29.2. The summed E-state index contributed by atoms with van der Waals surface area (Å²) in [5.41, 5.74) is 7.70. The molecule has 1 heterocycles. The largest absolute Gasteiger partial charge is 0.512 e. The van der Waals surface area contributed by atoms with Crippen LogP contribution in [-0.2, 0) is 24.9 Å². The van der Waals surface area contributed by atoms with Crippen molar-refractivity contribution in [2.24, 2.45) is 11.8 Å². The molecule has 4 aromatic carbocycles. The van der Waals surface area contributed by atoms with Gasteiger partial charge in [0, 0.05) is 44.4 Å². The Labute approximate surface area is 263 Å². The van der Waals surface area contributed by atoms with E-state index in [9.17, 15) is 9.90 Å². The molecular weight excluding hydrogens is 695 g/mol. The summed E-state index contributed by atoms with van der Waals surface area (Å²) < 4.78 is 0. The van der Waals surface area contributed by atoms with E-state index in [1.165, 1.54) is 28.3 Å². The molecule has 0 saturated heterocycles. The second-order valence-corrected chi connectivity index (χ2v) is 11.1. The van der Waals surface area contributed by atoms with Gasteiger partial charge in [0.1, 0.15) is 0 Å². The Hall–Kier alpha value is -3.85. The molecule has 3 nitrogen and oxygen atoms in total. The number of nitrogens with zero attached hydrogens (tertiary/aromatic N) is 1. The molecule has 4 heteroatoms. The molecule has 5 aromatic rings. The van der Waals surface area contributed by atoms with Gasteiger partial charge < -0.3 is 5.11 Å². The van der Waals surface area contributed by atoms with Gasteiger partial charge in [0.15, 0.2) is 5.78 Å². The molecule has 0 aliphatic rings. The summed E-state index contributed by atoms with van der Waals surface area (Å²) in [6.45, 7) is 8.00. The molecule has 0 amide bonds. The zero-order valence-electron chi connectivity index (χ0n) is 24.7. The number of aliphatic hydroxyl groups excluding tert-OH is 1. The van der Waals surface area contributed by atoms with Crippen LogP contribution in [0.4, 0.5) is 0 Å². The molecule has 1 aromatic heterocycles. The van der Waals surface area contributed by atoms with E-state index in [2.05, 4.69) is 91.0 Å². The fraction of sp³-hybridized carbons (Fsp3) is 0.211. The van der Waals surface area contributed by atoms with Crippen LogP contribution in [0, 0.1) is 17.9 Å². The molecule has 42 heavy (non-hydrogen) atoms. The number of aliphatic hydroxyl groups is 1. The Morgan fingerprint density at radius 2 is 1.36 bits per heavy atom. The summed E-state index contributed by atoms with van der Waals surface area (Å²) in [5.74, 6) is 0.979. The van der Waals surface area contributed by atoms with Crippen LogP contribution in [0.5, 0.6) is 0 Å². The Balaban J connectivity index is 0.000000297. The zero-order valence-corrected chi connectivity index (χ0v) is 27.1. The van der Waals surface area contributed by atoms with Crippen molar-refractivity contribution in [2.45, 2.75) is 40.5 Å². The second kappa shape index (κ2) is 16.0. The number of rotatable bonds is 8. The predicted octanol–water partition coefficient (Wildman–Crippen LogP) is 10.1. The number of hydrogen-bond donors (Lipinski definition) is 1. The first-order valence-electron chi connectivity index (χ1n) is 14.2. The number of aromatic nitrogens is 1. The third-order valence-electron chi connectivity index (χ3n) is 6.54. The van der Waals surface area contributed by atoms with Crippen LogP contribution in [0.3, 0.4) is 0 Å². The summed E-state index contributed by atoms with van der Waals surface area (Å²) in [5, 5.41) is 10.5. The summed E-state index contributed by atoms with van der Waals surface area (Å²) in [6, 6.07) is 41.0. The van der Waals surface area contributed by atoms with Gasteiger partial charge in [-0.15, -0.1) is 35.4 Å². The third kappa shape index (κ3) is 9.34. The van der Waals surface area contributed by atoms with Crippen molar-refractivity contribution >= 4 is 16.7 Å². The van der Waals surface area contributed by atoms with Crippen molar-refractivity contribution < 1.29 is 30.0 Å². The summed E-state index contributed by atoms with van der Waals surface area (Å²) in [6.07, 6.45) is 2.46. The molecule has 0 spiro atoms. The SMILES string of the molecule is CC(C)CC(=O)/C=C(\O)CC(C)C.[Ir].[c-]1ccc(-c2ccccc2)cc1-c1cc(-c2ccccc2)c2ccccc2n1. The maximum atomic E-state index is 11.2. The van der Waals surface area contributed by atoms with Crippen LogP contribution in [0.15, 0.2) is 121 Å². The maximum absolute atomic E-state index is 11.2. The van der Waals surface area contributed by atoms with Crippen molar-refractivity contribution in [3.63, 3.8) is 0 Å². The molecule has 0 atom stereocenters. The van der Waals surface area contributed by atoms with Gasteiger partial charge in [0.25, 0.3) is 0 Å². The summed E-state index contributed by atoms with van der Waals surface area (Å²) in [7, 11) is 0. The number of fused-ring (bicyclic) bond motifs is 1. The minimum atomic E-state index is 0. The van der Waals surface area contributed by atoms with Gasteiger partial charge in [0.05, 0.1) is 11.3 Å². The van der Waals surface area contributed by atoms with E-state index < -0.39 is 0 Å². The molecule has 1 radical (unpaired) electrons. The normalized spacial score (nSPS) is 11.1. The van der Waals surface area contributed by atoms with Crippen molar-refractivity contribution in [3.8, 4) is 33.5 Å². The topological polar surface area (TPSA) is 50.2 Å². The average molecular weight is 733 g/mol. The van der Waals surface area contributed by atoms with E-state index in [4.69, 9.17) is 4.98 Å². The van der Waals surface area contributed by atoms with E-state index in [0.29, 0.717) is 24.7 Å². The molecule has 0 fully saturated rings. The average Bonchev–Trinajstić information content (AvgIpc) is 2.97. The number of para-hydroxylation sites is 1. The van der Waals surface area contributed by atoms with Gasteiger partial charge in [-0.2, -0.15) is 0 Å². The van der Waals surface area contributed by atoms with E-state index >= 15 is 0 Å². The fourth-order valence-electron chi connectivity index (χ4n) is 4.72. The quantitative estimate of drug-likeness (QED) is 0.0982. The first kappa shape index (κ1) is 32.7. The van der Waals surface area contributed by atoms with Gasteiger partial charge >= 0.3 is 0 Å². The Bertz CT molecular complexity index is 1610. The number of carbonyl (C=O) groups excluding carboxylic acids is 1. The third-order valence-corrected chi connectivity index (χ3v) is 6.54. The fourth-order valence-corrected chi connectivity index (χ4v) is 4.72. The smallest absolute Gasteiger partial charge is 0.159 e. The molecule has 0 aliphatic heterocycles. The van der Waals surface area contributed by atoms with Crippen LogP contribution in [0.2, 0.25) is 0 Å². The molecule has 0 saturated carbocycles. The molecule has 0 aliphatic carbocycles. The molecular formula is C38H38IrNO2-. The summed E-state index contributed by atoms with van der Waals surface area (Å²) >= 11 is 0. The van der Waals surface area contributed by atoms with Gasteiger partial charge in [0.2, 0.25) is 0 Å². The number of pyridine rings is 1. The molecule has 217 valence electrons. The van der Waals surface area contributed by atoms with Crippen LogP contribution < -0.4 is 0 Å². The number of carbonyl (C=O) groups is 1. The van der Waals surface area contributed by atoms with Crippen molar-refractivity contribution in [1.29, 1.82) is 0 Å². The number of ketones is 1. The second-order valence-electron chi connectivity index (χ2n) is 11.1. The van der Waals surface area contributed by atoms with E-state index in [1.54, 1.807) is 0 Å². The predicted molar refractivity (Wildman–Crippen MR) is 172 cm³/mol.